The fraction of sp³-hybridized carbons (Fsp3) is 0.185. The van der Waals surface area contributed by atoms with Crippen molar-refractivity contribution in [3.63, 3.8) is 0 Å². The number of benzene rings is 3. The number of aliphatic imine (C=N–C) groups is 1. The number of nitrogens with one attached hydrogen (secondary N) is 1. The number of halogens is 2. The van der Waals surface area contributed by atoms with Crippen LogP contribution in [0.3, 0.4) is 0 Å². The van der Waals surface area contributed by atoms with E-state index < -0.39 is 28.7 Å². The van der Waals surface area contributed by atoms with Crippen LogP contribution in [0.5, 0.6) is 5.75 Å². The maximum absolute atomic E-state index is 13.5. The first kappa shape index (κ1) is 24.6. The second-order valence-electron chi connectivity index (χ2n) is 8.47. The lowest BCUT2D eigenvalue weighted by Crippen LogP contribution is -2.25. The molecule has 1 N–H and O–H groups in total. The largest absolute Gasteiger partial charge is 0.497 e. The fourth-order valence-corrected chi connectivity index (χ4v) is 5.20. The van der Waals surface area contributed by atoms with Crippen LogP contribution in [0.4, 0.5) is 14.5 Å². The minimum Gasteiger partial charge on any atom is -0.497 e. The van der Waals surface area contributed by atoms with Gasteiger partial charge in [0.2, 0.25) is 5.91 Å². The number of hydrogen-bond donors (Lipinski definition) is 1. The molecule has 0 radical (unpaired) electrons. The summed E-state index contributed by atoms with van der Waals surface area (Å²) < 4.78 is 31.9. The summed E-state index contributed by atoms with van der Waals surface area (Å²) in [4.78, 5) is 29.5. The summed E-state index contributed by atoms with van der Waals surface area (Å²) in [5.74, 6) is -2.30. The van der Waals surface area contributed by atoms with Gasteiger partial charge >= 0.3 is 0 Å². The van der Waals surface area contributed by atoms with Crippen molar-refractivity contribution >= 4 is 40.1 Å². The minimum absolute atomic E-state index is 0.108. The van der Waals surface area contributed by atoms with E-state index in [0.717, 1.165) is 46.5 Å². The molecule has 0 aliphatic carbocycles. The van der Waals surface area contributed by atoms with Gasteiger partial charge in [-0.05, 0) is 35.4 Å². The number of hydrogen-bond acceptors (Lipinski definition) is 6. The summed E-state index contributed by atoms with van der Waals surface area (Å²) in [6, 6.07) is 20.3. The molecule has 0 spiro atoms. The zero-order valence-electron chi connectivity index (χ0n) is 19.7. The maximum Gasteiger partial charge on any atom is 0.262 e. The third kappa shape index (κ3) is 5.39. The molecule has 3 aromatic carbocycles. The van der Waals surface area contributed by atoms with Crippen LogP contribution in [-0.4, -0.2) is 40.1 Å². The average Bonchev–Trinajstić information content (AvgIpc) is 3.51. The quantitative estimate of drug-likeness (QED) is 0.486. The highest BCUT2D eigenvalue weighted by Crippen LogP contribution is 2.39. The van der Waals surface area contributed by atoms with Gasteiger partial charge in [-0.15, -0.1) is 0 Å². The van der Waals surface area contributed by atoms with Gasteiger partial charge in [-0.2, -0.15) is 10.1 Å². The Morgan fingerprint density at radius 2 is 1.84 bits per heavy atom. The van der Waals surface area contributed by atoms with Crippen LogP contribution in [0.1, 0.15) is 30.0 Å². The van der Waals surface area contributed by atoms with Crippen LogP contribution in [0, 0.1) is 11.6 Å². The van der Waals surface area contributed by atoms with E-state index in [2.05, 4.69) is 10.3 Å². The second-order valence-corrected chi connectivity index (χ2v) is 9.64. The molecule has 0 saturated carbocycles. The standard InChI is InChI=1S/C27H22F2N4O3S/c1-36-19-10-7-17(8-11-19)23-14-22(16-5-3-2-4-6-16)32-33(23)27-31-26(35)24(37-27)15-25(34)30-18-9-12-20(28)21(29)13-18/h2-13,23-24H,14-15H2,1H3,(H,30,34)/t23-,24+/m1/s1. The molecule has 2 aliphatic rings. The molecule has 188 valence electrons. The van der Waals surface area contributed by atoms with E-state index in [9.17, 15) is 18.4 Å². The number of ether oxygens (including phenoxy) is 1. The van der Waals surface area contributed by atoms with E-state index in [1.165, 1.54) is 6.07 Å². The van der Waals surface area contributed by atoms with Crippen molar-refractivity contribution in [1.82, 2.24) is 5.01 Å². The smallest absolute Gasteiger partial charge is 0.262 e. The monoisotopic (exact) mass is 520 g/mol. The van der Waals surface area contributed by atoms with Crippen molar-refractivity contribution in [2.24, 2.45) is 10.1 Å². The van der Waals surface area contributed by atoms with E-state index in [1.807, 2.05) is 54.6 Å². The van der Waals surface area contributed by atoms with E-state index in [1.54, 1.807) is 12.1 Å². The highest BCUT2D eigenvalue weighted by Gasteiger charge is 2.39. The molecule has 0 bridgehead atoms. The average molecular weight is 521 g/mol. The summed E-state index contributed by atoms with van der Waals surface area (Å²) in [6.07, 6.45) is 0.428. The van der Waals surface area contributed by atoms with Crippen molar-refractivity contribution in [2.75, 3.05) is 12.4 Å². The number of thioether (sulfide) groups is 1. The number of nitrogens with zero attached hydrogens (tertiary/aromatic N) is 3. The van der Waals surface area contributed by atoms with E-state index in [4.69, 9.17) is 9.84 Å². The molecule has 0 fully saturated rings. The molecule has 0 aromatic heterocycles. The molecule has 2 atom stereocenters. The zero-order chi connectivity index (χ0) is 25.9. The number of hydrazone groups is 1. The lowest BCUT2D eigenvalue weighted by molar-refractivity contribution is -0.121. The van der Waals surface area contributed by atoms with Crippen molar-refractivity contribution < 1.29 is 23.1 Å². The van der Waals surface area contributed by atoms with Crippen LogP contribution >= 0.6 is 11.8 Å². The summed E-state index contributed by atoms with van der Waals surface area (Å²) in [7, 11) is 1.60. The minimum atomic E-state index is -1.07. The molecule has 2 heterocycles. The van der Waals surface area contributed by atoms with Gasteiger partial charge in [-0.1, -0.05) is 54.2 Å². The predicted octanol–water partition coefficient (Wildman–Crippen LogP) is 5.15. The van der Waals surface area contributed by atoms with Gasteiger partial charge in [0.15, 0.2) is 16.8 Å². The Bertz CT molecular complexity index is 1400. The van der Waals surface area contributed by atoms with Crippen LogP contribution in [0.15, 0.2) is 82.9 Å². The van der Waals surface area contributed by atoms with Gasteiger partial charge in [-0.25, -0.2) is 13.8 Å². The number of amides is 2. The Labute approximate surface area is 216 Å². The van der Waals surface area contributed by atoms with Crippen molar-refractivity contribution in [3.05, 3.63) is 95.6 Å². The molecule has 2 amide bonds. The van der Waals surface area contributed by atoms with Crippen LogP contribution in [0.2, 0.25) is 0 Å². The Morgan fingerprint density at radius 1 is 1.08 bits per heavy atom. The first-order chi connectivity index (χ1) is 17.9. The highest BCUT2D eigenvalue weighted by atomic mass is 32.2. The molecule has 7 nitrogen and oxygen atoms in total. The molecule has 3 aromatic rings. The molecule has 37 heavy (non-hydrogen) atoms. The molecular formula is C27H22F2N4O3S. The third-order valence-electron chi connectivity index (χ3n) is 6.02. The molecule has 5 rings (SSSR count). The topological polar surface area (TPSA) is 83.4 Å². The molecule has 0 unspecified atom stereocenters. The number of rotatable bonds is 6. The van der Waals surface area contributed by atoms with Gasteiger partial charge in [0, 0.05) is 24.6 Å². The van der Waals surface area contributed by atoms with E-state index in [-0.39, 0.29) is 18.2 Å². The van der Waals surface area contributed by atoms with E-state index in [0.29, 0.717) is 11.6 Å². The Balaban J connectivity index is 1.34. The molecule has 2 aliphatic heterocycles. The van der Waals surface area contributed by atoms with Crippen LogP contribution < -0.4 is 10.1 Å². The highest BCUT2D eigenvalue weighted by molar-refractivity contribution is 8.15. The zero-order valence-corrected chi connectivity index (χ0v) is 20.5. The van der Waals surface area contributed by atoms with Gasteiger partial charge in [0.25, 0.3) is 5.91 Å². The first-order valence-electron chi connectivity index (χ1n) is 11.5. The number of carbonyl (C=O) groups excluding carboxylic acids is 2. The Morgan fingerprint density at radius 3 is 2.54 bits per heavy atom. The Kier molecular flexibility index (Phi) is 7.00. The predicted molar refractivity (Wildman–Crippen MR) is 139 cm³/mol. The number of anilines is 1. The van der Waals surface area contributed by atoms with Crippen LogP contribution in [0.25, 0.3) is 0 Å². The second kappa shape index (κ2) is 10.5. The summed E-state index contributed by atoms with van der Waals surface area (Å²) in [5, 5.41) is 8.70. The molecule has 0 saturated heterocycles. The third-order valence-corrected chi connectivity index (χ3v) is 7.16. The van der Waals surface area contributed by atoms with Crippen molar-refractivity contribution in [3.8, 4) is 5.75 Å². The number of methoxy groups -OCH3 is 1. The Hall–Kier alpha value is -4.05. The fourth-order valence-electron chi connectivity index (χ4n) is 4.14. The number of amidine groups is 1. The normalized spacial score (nSPS) is 19.0. The van der Waals surface area contributed by atoms with Crippen molar-refractivity contribution in [2.45, 2.75) is 24.1 Å². The summed E-state index contributed by atoms with van der Waals surface area (Å²) in [6.45, 7) is 0. The SMILES string of the molecule is COc1ccc([C@H]2CC(c3ccccc3)=NN2C2=NC(=O)[C@H](CC(=O)Nc3ccc(F)c(F)c3)S2)cc1. The van der Waals surface area contributed by atoms with Gasteiger partial charge < -0.3 is 10.1 Å². The summed E-state index contributed by atoms with van der Waals surface area (Å²) in [5.41, 5.74) is 2.92. The lowest BCUT2D eigenvalue weighted by Gasteiger charge is -2.23. The molecular weight excluding hydrogens is 498 g/mol. The number of carbonyl (C=O) groups is 2. The van der Waals surface area contributed by atoms with Crippen molar-refractivity contribution in [1.29, 1.82) is 0 Å². The first-order valence-corrected chi connectivity index (χ1v) is 12.4. The van der Waals surface area contributed by atoms with E-state index >= 15 is 0 Å². The maximum atomic E-state index is 13.5. The van der Waals surface area contributed by atoms with Crippen LogP contribution in [-0.2, 0) is 9.59 Å². The van der Waals surface area contributed by atoms with Gasteiger partial charge in [0.05, 0.1) is 18.9 Å². The van der Waals surface area contributed by atoms with Gasteiger partial charge in [-0.3, -0.25) is 9.59 Å². The van der Waals surface area contributed by atoms with Gasteiger partial charge in [0.1, 0.15) is 11.0 Å². The molecule has 10 heteroatoms. The lowest BCUT2D eigenvalue weighted by atomic mass is 9.98. The summed E-state index contributed by atoms with van der Waals surface area (Å²) >= 11 is 1.16.